The average Bonchev–Trinajstić information content (AvgIpc) is 3.02. The third-order valence-corrected chi connectivity index (χ3v) is 10.9. The highest BCUT2D eigenvalue weighted by atomic mass is 32.4. The van der Waals surface area contributed by atoms with Crippen molar-refractivity contribution in [2.24, 2.45) is 0 Å². The van der Waals surface area contributed by atoms with Gasteiger partial charge in [-0.25, -0.2) is 9.59 Å². The summed E-state index contributed by atoms with van der Waals surface area (Å²) < 4.78 is 75.5. The van der Waals surface area contributed by atoms with Gasteiger partial charge in [0.05, 0.1) is 16.2 Å². The molecule has 0 saturated heterocycles. The Kier molecular flexibility index (Phi) is 7.94. The minimum absolute atomic E-state index is 0.0366. The van der Waals surface area contributed by atoms with Gasteiger partial charge in [-0.3, -0.25) is 4.21 Å². The Morgan fingerprint density at radius 1 is 1.00 bits per heavy atom. The number of fused-ring (bicyclic) bond motifs is 3. The molecule has 1 amide bonds. The van der Waals surface area contributed by atoms with Gasteiger partial charge < -0.3 is 19.3 Å². The standard InChI is InChI=1S/C27H25F2NO7S2/c1-19(2)25(31)35-17-16-30-26(32)36-18-27(28,29)39(33,34)24-15-9-7-13-22(24)21-12-6-8-14-23(21)38(37-39)20-10-4-3-5-11-20/h3-15H,1,16-18H2,2H3,(H-,30,32,33,34). The van der Waals surface area contributed by atoms with Crippen LogP contribution in [0.15, 0.2) is 106 Å². The van der Waals surface area contributed by atoms with E-state index in [2.05, 4.69) is 16.6 Å². The van der Waals surface area contributed by atoms with E-state index in [0.29, 0.717) is 15.4 Å². The molecule has 0 spiro atoms. The lowest BCUT2D eigenvalue weighted by Crippen LogP contribution is -2.55. The maximum absolute atomic E-state index is 15.9. The highest BCUT2D eigenvalue weighted by Gasteiger charge is 2.62. The van der Waals surface area contributed by atoms with E-state index in [1.807, 2.05) is 0 Å². The molecule has 0 fully saturated rings. The van der Waals surface area contributed by atoms with Gasteiger partial charge in [-0.15, -0.1) is 0 Å². The molecule has 3 aromatic carbocycles. The predicted octanol–water partition coefficient (Wildman–Crippen LogP) is 5.00. The van der Waals surface area contributed by atoms with Gasteiger partial charge in [0.25, 0.3) is 0 Å². The van der Waals surface area contributed by atoms with Crippen molar-refractivity contribution in [3.05, 3.63) is 91.0 Å². The van der Waals surface area contributed by atoms with Crippen molar-refractivity contribution in [1.82, 2.24) is 5.32 Å². The fourth-order valence-electron chi connectivity index (χ4n) is 3.69. The molecule has 0 bridgehead atoms. The first-order valence-corrected chi connectivity index (χ1v) is 14.6. The Bertz CT molecular complexity index is 1480. The highest BCUT2D eigenvalue weighted by Crippen LogP contribution is 2.56. The molecule has 1 N–H and O–H groups in total. The first-order valence-electron chi connectivity index (χ1n) is 11.6. The number of alkyl carbamates (subject to hydrolysis) is 1. The number of carbonyl (C=O) groups excluding carboxylic acids is 2. The van der Waals surface area contributed by atoms with E-state index in [0.717, 1.165) is 6.07 Å². The SMILES string of the molecule is C=C(C)C(=O)OCCNC(=O)OCC(F)(F)S1(=O)([O-])O[S+](c2ccccc2)c2ccccc2-c2ccccc21. The molecule has 8 nitrogen and oxygen atoms in total. The van der Waals surface area contributed by atoms with Crippen LogP contribution in [0.2, 0.25) is 0 Å². The predicted molar refractivity (Wildman–Crippen MR) is 141 cm³/mol. The van der Waals surface area contributed by atoms with Crippen LogP contribution in [0.4, 0.5) is 13.6 Å². The lowest BCUT2D eigenvalue weighted by Gasteiger charge is -2.48. The van der Waals surface area contributed by atoms with Gasteiger partial charge in [-0.2, -0.15) is 8.78 Å². The van der Waals surface area contributed by atoms with Crippen molar-refractivity contribution < 1.29 is 40.2 Å². The Morgan fingerprint density at radius 3 is 2.31 bits per heavy atom. The molecule has 3 aromatic rings. The van der Waals surface area contributed by atoms with Crippen LogP contribution in [0.25, 0.3) is 11.1 Å². The Hall–Kier alpha value is -3.58. The maximum atomic E-state index is 15.9. The van der Waals surface area contributed by atoms with Crippen molar-refractivity contribution in [2.75, 3.05) is 19.8 Å². The molecule has 206 valence electrons. The second-order valence-electron chi connectivity index (χ2n) is 8.50. The molecule has 1 heterocycles. The molecule has 0 aromatic heterocycles. The summed E-state index contributed by atoms with van der Waals surface area (Å²) in [5, 5.41) is -2.56. The van der Waals surface area contributed by atoms with E-state index in [1.165, 1.54) is 25.1 Å². The summed E-state index contributed by atoms with van der Waals surface area (Å²) in [5.74, 6) is -0.693. The van der Waals surface area contributed by atoms with Crippen LogP contribution in [0, 0.1) is 0 Å². The zero-order valence-electron chi connectivity index (χ0n) is 20.8. The quantitative estimate of drug-likeness (QED) is 0.174. The number of carbonyl (C=O) groups is 2. The van der Waals surface area contributed by atoms with Crippen LogP contribution in [0.1, 0.15) is 6.92 Å². The number of halogens is 2. The van der Waals surface area contributed by atoms with Gasteiger partial charge >= 0.3 is 17.3 Å². The van der Waals surface area contributed by atoms with Crippen molar-refractivity contribution in [2.45, 2.75) is 26.9 Å². The Labute approximate surface area is 227 Å². The molecule has 1 aliphatic heterocycles. The van der Waals surface area contributed by atoms with E-state index in [9.17, 15) is 18.4 Å². The van der Waals surface area contributed by atoms with E-state index in [1.54, 1.807) is 54.6 Å². The number of amides is 1. The number of hydrogen-bond donors (Lipinski definition) is 1. The van der Waals surface area contributed by atoms with E-state index in [4.69, 9.17) is 8.37 Å². The molecule has 1 aliphatic rings. The molecule has 0 saturated carbocycles. The fourth-order valence-corrected chi connectivity index (χ4v) is 8.67. The van der Waals surface area contributed by atoms with Crippen LogP contribution in [-0.2, 0) is 38.7 Å². The zero-order valence-corrected chi connectivity index (χ0v) is 22.4. The number of rotatable bonds is 8. The molecule has 4 rings (SSSR count). The largest absolute Gasteiger partial charge is 0.758 e. The van der Waals surface area contributed by atoms with Crippen molar-refractivity contribution in [1.29, 1.82) is 0 Å². The molecule has 0 radical (unpaired) electrons. The Morgan fingerprint density at radius 2 is 1.62 bits per heavy atom. The van der Waals surface area contributed by atoms with Gasteiger partial charge in [0.2, 0.25) is 16.1 Å². The van der Waals surface area contributed by atoms with E-state index < -0.39 is 49.6 Å². The van der Waals surface area contributed by atoms with Crippen LogP contribution >= 0.6 is 0 Å². The lowest BCUT2D eigenvalue weighted by atomic mass is 10.1. The average molecular weight is 578 g/mol. The van der Waals surface area contributed by atoms with Gasteiger partial charge in [-0.05, 0) is 37.3 Å². The van der Waals surface area contributed by atoms with Crippen molar-refractivity contribution in [3.63, 3.8) is 0 Å². The number of sulfone groups is 1. The summed E-state index contributed by atoms with van der Waals surface area (Å²) in [6.45, 7) is 2.49. The molecule has 0 aliphatic carbocycles. The van der Waals surface area contributed by atoms with Crippen molar-refractivity contribution >= 4 is 32.9 Å². The number of esters is 1. The highest BCUT2D eigenvalue weighted by molar-refractivity contribution is 8.18. The summed E-state index contributed by atoms with van der Waals surface area (Å²) in [5.41, 5.74) is 0.601. The second-order valence-corrected chi connectivity index (χ2v) is 13.1. The number of nitrogens with one attached hydrogen (secondary N) is 1. The minimum atomic E-state index is -6.79. The van der Waals surface area contributed by atoms with Crippen LogP contribution in [0.5, 0.6) is 0 Å². The summed E-state index contributed by atoms with van der Waals surface area (Å²) in [7, 11) is -6.79. The van der Waals surface area contributed by atoms with Gasteiger partial charge in [-0.1, -0.05) is 58.7 Å². The molecule has 12 heteroatoms. The lowest BCUT2D eigenvalue weighted by molar-refractivity contribution is -0.138. The van der Waals surface area contributed by atoms with Crippen LogP contribution < -0.4 is 5.32 Å². The first-order chi connectivity index (χ1) is 18.4. The van der Waals surface area contributed by atoms with E-state index >= 15 is 8.78 Å². The summed E-state index contributed by atoms with van der Waals surface area (Å²) >= 11 is -1.78. The van der Waals surface area contributed by atoms with Crippen LogP contribution in [0.3, 0.4) is 0 Å². The minimum Gasteiger partial charge on any atom is -0.758 e. The topological polar surface area (TPSA) is 114 Å². The molecule has 39 heavy (non-hydrogen) atoms. The van der Waals surface area contributed by atoms with Crippen molar-refractivity contribution in [3.8, 4) is 11.1 Å². The fraction of sp³-hybridized carbons (Fsp3) is 0.185. The summed E-state index contributed by atoms with van der Waals surface area (Å²) in [4.78, 5) is 23.5. The maximum Gasteiger partial charge on any atom is 0.407 e. The normalized spacial score (nSPS) is 18.2. The molecular weight excluding hydrogens is 552 g/mol. The van der Waals surface area contributed by atoms with Crippen LogP contribution in [-0.4, -0.2) is 45.8 Å². The monoisotopic (exact) mass is 577 g/mol. The number of benzene rings is 3. The van der Waals surface area contributed by atoms with Gasteiger partial charge in [0.15, 0.2) is 11.5 Å². The number of hydrogen-bond acceptors (Lipinski definition) is 7. The third-order valence-electron chi connectivity index (χ3n) is 5.63. The molecule has 1 atom stereocenters. The van der Waals surface area contributed by atoms with Gasteiger partial charge in [0.1, 0.15) is 6.61 Å². The first kappa shape index (κ1) is 28.4. The van der Waals surface area contributed by atoms with E-state index in [-0.39, 0.29) is 24.3 Å². The number of alkyl halides is 2. The third kappa shape index (κ3) is 5.46. The molecular formula is C27H25F2NO7S2. The Balaban J connectivity index is 1.66. The zero-order chi connectivity index (χ0) is 28.3. The second kappa shape index (κ2) is 10.9. The number of ether oxygens (including phenoxy) is 2. The summed E-state index contributed by atoms with van der Waals surface area (Å²) in [6, 6.07) is 20.1. The smallest absolute Gasteiger partial charge is 0.407 e. The summed E-state index contributed by atoms with van der Waals surface area (Å²) in [6.07, 6.45) is -1.33. The molecule has 1 unspecified atom stereocenters. The van der Waals surface area contributed by atoms with Gasteiger partial charge in [0, 0.05) is 21.6 Å².